The molecule has 5 nitrogen and oxygen atoms in total. The molecule has 6 heteroatoms. The molecule has 3 rings (SSSR count). The molecule has 0 aliphatic carbocycles. The summed E-state index contributed by atoms with van der Waals surface area (Å²) in [5.74, 6) is 0.609. The van der Waals surface area contributed by atoms with E-state index in [1.807, 2.05) is 32.9 Å². The highest BCUT2D eigenvalue weighted by Gasteiger charge is 2.16. The summed E-state index contributed by atoms with van der Waals surface area (Å²) < 4.78 is 1.65. The van der Waals surface area contributed by atoms with Crippen LogP contribution in [0.25, 0.3) is 17.2 Å². The summed E-state index contributed by atoms with van der Waals surface area (Å²) in [5, 5.41) is 13.2. The Hall–Kier alpha value is -2.01. The lowest BCUT2D eigenvalue weighted by Gasteiger charge is -2.05. The van der Waals surface area contributed by atoms with Crippen molar-refractivity contribution in [2.75, 3.05) is 0 Å². The molecule has 0 bridgehead atoms. The predicted octanol–water partition coefficient (Wildman–Crippen LogP) is 2.76. The van der Waals surface area contributed by atoms with Gasteiger partial charge in [-0.05, 0) is 38.0 Å². The third kappa shape index (κ3) is 1.77. The first-order chi connectivity index (χ1) is 9.09. The number of halogens is 1. The van der Waals surface area contributed by atoms with Gasteiger partial charge in [0.15, 0.2) is 10.8 Å². The zero-order valence-corrected chi connectivity index (χ0v) is 11.6. The summed E-state index contributed by atoms with van der Waals surface area (Å²) in [4.78, 5) is 4.35. The highest BCUT2D eigenvalue weighted by molar-refractivity contribution is 6.30. The van der Waals surface area contributed by atoms with Crippen LogP contribution in [0, 0.1) is 20.8 Å². The van der Waals surface area contributed by atoms with E-state index in [2.05, 4.69) is 20.3 Å². The van der Waals surface area contributed by atoms with Crippen molar-refractivity contribution >= 4 is 17.2 Å². The van der Waals surface area contributed by atoms with Crippen LogP contribution in [0.15, 0.2) is 18.3 Å². The van der Waals surface area contributed by atoms with Gasteiger partial charge in [-0.15, -0.1) is 10.2 Å². The second-order valence-electron chi connectivity index (χ2n) is 4.47. The number of aromatic nitrogens is 5. The Labute approximate surface area is 115 Å². The molecule has 19 heavy (non-hydrogen) atoms. The number of aryl methyl sites for hydroxylation is 2. The Bertz CT molecular complexity index is 778. The molecule has 3 aromatic rings. The summed E-state index contributed by atoms with van der Waals surface area (Å²) in [6.45, 7) is 5.86. The Kier molecular flexibility index (Phi) is 2.71. The molecule has 0 amide bonds. The van der Waals surface area contributed by atoms with Crippen LogP contribution >= 0.6 is 11.6 Å². The van der Waals surface area contributed by atoms with E-state index in [0.29, 0.717) is 16.6 Å². The molecule has 0 N–H and O–H groups in total. The van der Waals surface area contributed by atoms with Crippen molar-refractivity contribution in [1.29, 1.82) is 0 Å². The van der Waals surface area contributed by atoms with Crippen LogP contribution in [0.5, 0.6) is 0 Å². The van der Waals surface area contributed by atoms with Gasteiger partial charge in [0.1, 0.15) is 5.69 Å². The maximum atomic E-state index is 6.14. The van der Waals surface area contributed by atoms with Crippen LogP contribution in [-0.4, -0.2) is 24.8 Å². The highest BCUT2D eigenvalue weighted by Crippen LogP contribution is 2.24. The standard InChI is InChI=1S/C13H12ClN5/c1-7-5-4-6-15-10(7)13-17-16-12-9(3)8(2)11(14)18-19(12)13/h4-6H,1-3H3. The van der Waals surface area contributed by atoms with Crippen LogP contribution < -0.4 is 0 Å². The van der Waals surface area contributed by atoms with Gasteiger partial charge in [-0.1, -0.05) is 17.7 Å². The molecule has 0 atom stereocenters. The SMILES string of the molecule is Cc1cccnc1-c1nnc2c(C)c(C)c(Cl)nn12. The molecular formula is C13H12ClN5. The van der Waals surface area contributed by atoms with E-state index in [0.717, 1.165) is 22.4 Å². The first kappa shape index (κ1) is 12.0. The summed E-state index contributed by atoms with van der Waals surface area (Å²) in [6, 6.07) is 3.87. The van der Waals surface area contributed by atoms with Crippen LogP contribution in [0.1, 0.15) is 16.7 Å². The van der Waals surface area contributed by atoms with Gasteiger partial charge in [0, 0.05) is 11.8 Å². The van der Waals surface area contributed by atoms with Crippen molar-refractivity contribution in [3.05, 3.63) is 40.2 Å². The van der Waals surface area contributed by atoms with E-state index >= 15 is 0 Å². The third-order valence-electron chi connectivity index (χ3n) is 3.26. The molecule has 0 aromatic carbocycles. The number of rotatable bonds is 1. The molecule has 0 radical (unpaired) electrons. The number of nitrogens with zero attached hydrogens (tertiary/aromatic N) is 5. The Morgan fingerprint density at radius 2 is 1.89 bits per heavy atom. The fourth-order valence-electron chi connectivity index (χ4n) is 1.96. The molecule has 0 spiro atoms. The van der Waals surface area contributed by atoms with Crippen LogP contribution in [0.4, 0.5) is 0 Å². The molecule has 3 aromatic heterocycles. The van der Waals surface area contributed by atoms with Gasteiger partial charge in [0.2, 0.25) is 5.82 Å². The first-order valence-corrected chi connectivity index (χ1v) is 6.27. The zero-order chi connectivity index (χ0) is 13.6. The molecule has 0 fully saturated rings. The van der Waals surface area contributed by atoms with Gasteiger partial charge >= 0.3 is 0 Å². The largest absolute Gasteiger partial charge is 0.253 e. The number of fused-ring (bicyclic) bond motifs is 1. The van der Waals surface area contributed by atoms with Crippen molar-refractivity contribution < 1.29 is 0 Å². The maximum absolute atomic E-state index is 6.14. The van der Waals surface area contributed by atoms with Gasteiger partial charge in [0.05, 0.1) is 0 Å². The lowest BCUT2D eigenvalue weighted by molar-refractivity contribution is 0.912. The minimum atomic E-state index is 0.458. The Morgan fingerprint density at radius 1 is 1.11 bits per heavy atom. The monoisotopic (exact) mass is 273 g/mol. The summed E-state index contributed by atoms with van der Waals surface area (Å²) in [7, 11) is 0. The Balaban J connectivity index is 2.36. The number of hydrogen-bond donors (Lipinski definition) is 0. The van der Waals surface area contributed by atoms with Crippen molar-refractivity contribution in [3.8, 4) is 11.5 Å². The molecule has 0 saturated heterocycles. The second kappa shape index (κ2) is 4.28. The molecule has 0 saturated carbocycles. The minimum absolute atomic E-state index is 0.458. The molecule has 0 unspecified atom stereocenters. The van der Waals surface area contributed by atoms with E-state index in [1.165, 1.54) is 0 Å². The molecular weight excluding hydrogens is 262 g/mol. The first-order valence-electron chi connectivity index (χ1n) is 5.89. The molecule has 96 valence electrons. The second-order valence-corrected chi connectivity index (χ2v) is 4.83. The quantitative estimate of drug-likeness (QED) is 0.684. The highest BCUT2D eigenvalue weighted by atomic mass is 35.5. The summed E-state index contributed by atoms with van der Waals surface area (Å²) >= 11 is 6.14. The lowest BCUT2D eigenvalue weighted by Crippen LogP contribution is -2.01. The van der Waals surface area contributed by atoms with Gasteiger partial charge < -0.3 is 0 Å². The zero-order valence-electron chi connectivity index (χ0n) is 10.8. The van der Waals surface area contributed by atoms with Gasteiger partial charge in [-0.3, -0.25) is 4.98 Å². The van der Waals surface area contributed by atoms with Gasteiger partial charge in [-0.25, -0.2) is 0 Å². The predicted molar refractivity (Wildman–Crippen MR) is 73.2 cm³/mol. The van der Waals surface area contributed by atoms with Crippen LogP contribution in [0.3, 0.4) is 0 Å². The molecule has 0 aliphatic rings. The molecule has 0 aliphatic heterocycles. The Morgan fingerprint density at radius 3 is 2.63 bits per heavy atom. The van der Waals surface area contributed by atoms with Gasteiger partial charge in [0.25, 0.3) is 0 Å². The lowest BCUT2D eigenvalue weighted by atomic mass is 10.2. The number of pyridine rings is 1. The smallest absolute Gasteiger partial charge is 0.204 e. The van der Waals surface area contributed by atoms with Crippen molar-refractivity contribution in [2.24, 2.45) is 0 Å². The fourth-order valence-corrected chi connectivity index (χ4v) is 2.18. The number of hydrogen-bond acceptors (Lipinski definition) is 4. The van der Waals surface area contributed by atoms with E-state index in [-0.39, 0.29) is 0 Å². The maximum Gasteiger partial charge on any atom is 0.204 e. The average Bonchev–Trinajstić information content (AvgIpc) is 2.80. The van der Waals surface area contributed by atoms with Crippen LogP contribution in [-0.2, 0) is 0 Å². The van der Waals surface area contributed by atoms with Crippen molar-refractivity contribution in [1.82, 2.24) is 24.8 Å². The molecule has 3 heterocycles. The van der Waals surface area contributed by atoms with Crippen LogP contribution in [0.2, 0.25) is 5.15 Å². The summed E-state index contributed by atoms with van der Waals surface area (Å²) in [6.07, 6.45) is 1.73. The normalized spacial score (nSPS) is 11.2. The minimum Gasteiger partial charge on any atom is -0.253 e. The topological polar surface area (TPSA) is 56.0 Å². The van der Waals surface area contributed by atoms with E-state index in [9.17, 15) is 0 Å². The van der Waals surface area contributed by atoms with E-state index in [4.69, 9.17) is 11.6 Å². The van der Waals surface area contributed by atoms with Gasteiger partial charge in [-0.2, -0.15) is 9.61 Å². The van der Waals surface area contributed by atoms with E-state index in [1.54, 1.807) is 10.7 Å². The third-order valence-corrected chi connectivity index (χ3v) is 3.62. The summed E-state index contributed by atoms with van der Waals surface area (Å²) in [5.41, 5.74) is 4.40. The van der Waals surface area contributed by atoms with Crippen molar-refractivity contribution in [3.63, 3.8) is 0 Å². The average molecular weight is 274 g/mol. The van der Waals surface area contributed by atoms with Crippen molar-refractivity contribution in [2.45, 2.75) is 20.8 Å². The van der Waals surface area contributed by atoms with E-state index < -0.39 is 0 Å². The fraction of sp³-hybridized carbons (Fsp3) is 0.231.